The topological polar surface area (TPSA) is 102 Å². The number of fused-ring (bicyclic) bond motifs is 1. The summed E-state index contributed by atoms with van der Waals surface area (Å²) in [6.07, 6.45) is 2.41. The molecule has 1 unspecified atom stereocenters. The van der Waals surface area contributed by atoms with E-state index >= 15 is 0 Å². The highest BCUT2D eigenvalue weighted by Crippen LogP contribution is 2.23. The highest BCUT2D eigenvalue weighted by Gasteiger charge is 2.22. The smallest absolute Gasteiger partial charge is 0.341 e. The number of carboxylic acid groups (broad SMARTS) is 1. The lowest BCUT2D eigenvalue weighted by Crippen LogP contribution is -2.28. The van der Waals surface area contributed by atoms with Gasteiger partial charge >= 0.3 is 5.97 Å². The van der Waals surface area contributed by atoms with Gasteiger partial charge < -0.3 is 10.8 Å². The maximum atomic E-state index is 14.2. The second kappa shape index (κ2) is 8.77. The van der Waals surface area contributed by atoms with E-state index in [9.17, 15) is 23.9 Å². The lowest BCUT2D eigenvalue weighted by atomic mass is 9.97. The minimum absolute atomic E-state index is 0.0127. The standard InChI is InChI=1S/C22H20ClFN2O4/c1-2-4-18(27)20(25)14-10-15(22(29)30)21(28)26-11-12(7-8-17(14)26)9-13-5-3-6-16(23)19(13)24/h3,5-8,10-11,20H,2,4,9,25H2,1H3,(H,29,30). The first kappa shape index (κ1) is 21.7. The molecular weight excluding hydrogens is 411 g/mol. The molecule has 0 radical (unpaired) electrons. The Kier molecular flexibility index (Phi) is 6.34. The van der Waals surface area contributed by atoms with Crippen LogP contribution in [0.4, 0.5) is 4.39 Å². The number of carboxylic acids is 1. The number of benzene rings is 1. The Bertz CT molecular complexity index is 1210. The Morgan fingerprint density at radius 1 is 1.27 bits per heavy atom. The average molecular weight is 431 g/mol. The van der Waals surface area contributed by atoms with E-state index < -0.39 is 29.0 Å². The average Bonchev–Trinajstić information content (AvgIpc) is 2.71. The third-order valence-electron chi connectivity index (χ3n) is 4.89. The van der Waals surface area contributed by atoms with Crippen LogP contribution in [0.2, 0.25) is 5.02 Å². The van der Waals surface area contributed by atoms with E-state index in [-0.39, 0.29) is 29.2 Å². The Morgan fingerprint density at radius 3 is 2.67 bits per heavy atom. The van der Waals surface area contributed by atoms with Gasteiger partial charge in [0.2, 0.25) is 0 Å². The van der Waals surface area contributed by atoms with Gasteiger partial charge in [0.15, 0.2) is 5.78 Å². The molecule has 2 heterocycles. The zero-order valence-corrected chi connectivity index (χ0v) is 16.9. The van der Waals surface area contributed by atoms with Crippen LogP contribution in [0.15, 0.2) is 47.4 Å². The molecule has 0 saturated heterocycles. The quantitative estimate of drug-likeness (QED) is 0.594. The number of rotatable bonds is 7. The molecule has 0 saturated carbocycles. The normalized spacial score (nSPS) is 12.1. The summed E-state index contributed by atoms with van der Waals surface area (Å²) in [5.74, 6) is -2.23. The zero-order valence-electron chi connectivity index (χ0n) is 16.2. The molecule has 3 N–H and O–H groups in total. The van der Waals surface area contributed by atoms with Crippen molar-refractivity contribution in [3.63, 3.8) is 0 Å². The van der Waals surface area contributed by atoms with Crippen molar-refractivity contribution in [2.24, 2.45) is 5.73 Å². The molecule has 0 fully saturated rings. The molecule has 8 heteroatoms. The molecule has 6 nitrogen and oxygen atoms in total. The van der Waals surface area contributed by atoms with Crippen LogP contribution in [0.25, 0.3) is 5.52 Å². The minimum atomic E-state index is -1.42. The fourth-order valence-corrected chi connectivity index (χ4v) is 3.55. The van der Waals surface area contributed by atoms with Crippen molar-refractivity contribution in [1.82, 2.24) is 4.40 Å². The summed E-state index contributed by atoms with van der Waals surface area (Å²) < 4.78 is 15.4. The van der Waals surface area contributed by atoms with Gasteiger partial charge in [0, 0.05) is 24.6 Å². The number of Topliss-reactive ketones (excluding diaryl/α,β-unsaturated/α-hetero) is 1. The number of nitrogens with zero attached hydrogens (tertiary/aromatic N) is 1. The Balaban J connectivity index is 2.17. The van der Waals surface area contributed by atoms with Crippen molar-refractivity contribution < 1.29 is 19.1 Å². The van der Waals surface area contributed by atoms with Gasteiger partial charge in [0.05, 0.1) is 16.6 Å². The number of aromatic carboxylic acids is 1. The molecule has 30 heavy (non-hydrogen) atoms. The van der Waals surface area contributed by atoms with Gasteiger partial charge in [-0.1, -0.05) is 36.7 Å². The van der Waals surface area contributed by atoms with Gasteiger partial charge in [-0.2, -0.15) is 0 Å². The molecule has 3 rings (SSSR count). The number of halogens is 2. The number of ketones is 1. The predicted octanol–water partition coefficient (Wildman–Crippen LogP) is 3.75. The number of carbonyl (C=O) groups is 2. The molecule has 2 aromatic heterocycles. The van der Waals surface area contributed by atoms with Gasteiger partial charge in [-0.05, 0) is 35.7 Å². The number of pyridine rings is 2. The van der Waals surface area contributed by atoms with Crippen molar-refractivity contribution in [3.05, 3.63) is 86.0 Å². The van der Waals surface area contributed by atoms with E-state index in [0.29, 0.717) is 23.1 Å². The maximum Gasteiger partial charge on any atom is 0.341 e. The van der Waals surface area contributed by atoms with Crippen molar-refractivity contribution in [1.29, 1.82) is 0 Å². The van der Waals surface area contributed by atoms with Gasteiger partial charge in [-0.15, -0.1) is 0 Å². The fraction of sp³-hybridized carbons (Fsp3) is 0.227. The Hall–Kier alpha value is -3.03. The first-order chi connectivity index (χ1) is 14.2. The van der Waals surface area contributed by atoms with E-state index in [1.165, 1.54) is 12.3 Å². The molecule has 0 bridgehead atoms. The van der Waals surface area contributed by atoms with Crippen LogP contribution in [0.5, 0.6) is 0 Å². The molecular formula is C22H20ClFN2O4. The highest BCUT2D eigenvalue weighted by atomic mass is 35.5. The largest absolute Gasteiger partial charge is 0.477 e. The highest BCUT2D eigenvalue weighted by molar-refractivity contribution is 6.30. The van der Waals surface area contributed by atoms with Gasteiger partial charge in [-0.25, -0.2) is 9.18 Å². The molecule has 1 atom stereocenters. The predicted molar refractivity (Wildman–Crippen MR) is 112 cm³/mol. The zero-order chi connectivity index (χ0) is 22.0. The van der Waals surface area contributed by atoms with Crippen LogP contribution < -0.4 is 11.3 Å². The molecule has 0 aliphatic heterocycles. The monoisotopic (exact) mass is 430 g/mol. The molecule has 3 aromatic rings. The lowest BCUT2D eigenvalue weighted by molar-refractivity contribution is -0.120. The van der Waals surface area contributed by atoms with Crippen LogP contribution in [0.1, 0.15) is 52.9 Å². The summed E-state index contributed by atoms with van der Waals surface area (Å²) in [6.45, 7) is 1.84. The van der Waals surface area contributed by atoms with Crippen LogP contribution >= 0.6 is 11.6 Å². The van der Waals surface area contributed by atoms with Crippen molar-refractivity contribution in [2.75, 3.05) is 0 Å². The van der Waals surface area contributed by atoms with Crippen LogP contribution in [-0.2, 0) is 11.2 Å². The van der Waals surface area contributed by atoms with Crippen LogP contribution in [0, 0.1) is 5.82 Å². The van der Waals surface area contributed by atoms with E-state index in [1.54, 1.807) is 24.3 Å². The molecule has 1 aromatic carbocycles. The summed E-state index contributed by atoms with van der Waals surface area (Å²) >= 11 is 5.83. The first-order valence-corrected chi connectivity index (χ1v) is 9.75. The first-order valence-electron chi connectivity index (χ1n) is 9.37. The van der Waals surface area contributed by atoms with Crippen molar-refractivity contribution >= 4 is 28.9 Å². The second-order valence-electron chi connectivity index (χ2n) is 7.00. The number of nitrogens with two attached hydrogens (primary N) is 1. The lowest BCUT2D eigenvalue weighted by Gasteiger charge is -2.16. The van der Waals surface area contributed by atoms with E-state index in [2.05, 4.69) is 0 Å². The number of hydrogen-bond acceptors (Lipinski definition) is 4. The maximum absolute atomic E-state index is 14.2. The van der Waals surface area contributed by atoms with E-state index in [1.807, 2.05) is 6.92 Å². The number of aromatic nitrogens is 1. The van der Waals surface area contributed by atoms with E-state index in [4.69, 9.17) is 17.3 Å². The third-order valence-corrected chi connectivity index (χ3v) is 5.18. The number of carbonyl (C=O) groups excluding carboxylic acids is 1. The molecule has 0 spiro atoms. The van der Waals surface area contributed by atoms with Gasteiger partial charge in [0.25, 0.3) is 5.56 Å². The summed E-state index contributed by atoms with van der Waals surface area (Å²) in [4.78, 5) is 36.6. The van der Waals surface area contributed by atoms with Crippen molar-refractivity contribution in [3.8, 4) is 0 Å². The van der Waals surface area contributed by atoms with Gasteiger partial charge in [-0.3, -0.25) is 14.0 Å². The minimum Gasteiger partial charge on any atom is -0.477 e. The summed E-state index contributed by atoms with van der Waals surface area (Å²) in [7, 11) is 0. The second-order valence-corrected chi connectivity index (χ2v) is 7.41. The number of hydrogen-bond donors (Lipinski definition) is 2. The van der Waals surface area contributed by atoms with Crippen LogP contribution in [0.3, 0.4) is 0 Å². The van der Waals surface area contributed by atoms with Crippen LogP contribution in [-0.4, -0.2) is 21.3 Å². The van der Waals surface area contributed by atoms with E-state index in [0.717, 1.165) is 10.5 Å². The third kappa shape index (κ3) is 4.13. The fourth-order valence-electron chi connectivity index (χ4n) is 3.36. The summed E-state index contributed by atoms with van der Waals surface area (Å²) in [5, 5.41) is 9.43. The van der Waals surface area contributed by atoms with Gasteiger partial charge in [0.1, 0.15) is 11.4 Å². The Morgan fingerprint density at radius 2 is 2.00 bits per heavy atom. The summed E-state index contributed by atoms with van der Waals surface area (Å²) in [6, 6.07) is 7.99. The summed E-state index contributed by atoms with van der Waals surface area (Å²) in [5.41, 5.74) is 6.32. The molecule has 0 aliphatic rings. The molecule has 0 amide bonds. The molecule has 156 valence electrons. The molecule has 0 aliphatic carbocycles. The Labute approximate surface area is 176 Å². The van der Waals surface area contributed by atoms with Crippen molar-refractivity contribution in [2.45, 2.75) is 32.2 Å². The SMILES string of the molecule is CCCC(=O)C(N)c1cc(C(=O)O)c(=O)n2cc(Cc3cccc(Cl)c3F)ccc12.